The van der Waals surface area contributed by atoms with Crippen LogP contribution in [0.5, 0.6) is 0 Å². The Morgan fingerprint density at radius 1 is 0.523 bits per heavy atom. The fourth-order valence-electron chi connectivity index (χ4n) is 14.4. The summed E-state index contributed by atoms with van der Waals surface area (Å²) < 4.78 is 0. The number of amides is 5. The fraction of sp³-hybridized carbons (Fsp3) is 0.704. The van der Waals surface area contributed by atoms with Crippen molar-refractivity contribution in [2.45, 2.75) is 262 Å². The van der Waals surface area contributed by atoms with Crippen molar-refractivity contribution in [2.24, 2.45) is 75.2 Å². The van der Waals surface area contributed by atoms with Gasteiger partial charge in [0.2, 0.25) is 29.5 Å². The van der Waals surface area contributed by atoms with Gasteiger partial charge in [-0.1, -0.05) is 65.0 Å². The van der Waals surface area contributed by atoms with Crippen molar-refractivity contribution in [1.29, 1.82) is 0 Å². The predicted octanol–water partition coefficient (Wildman–Crippen LogP) is -0.521. The SMILES string of the molecule is CC(C)CC(NC(=O)CCC(N)C(=O)O)C(=O)O.CC(NC(=O)CCC(N)C(=O)O)C(=O)O.CC(O)C(NC(=O)CCC(N)C(=O)O)C(=O)O.C[C@H](CCC(=O)O)[C@H]1CC[C@H]2[C@@H]3[C@H](O)C[C@@H]4C[C@H](O)CC[C@]4(C)[C@H]3C[C@H](O)[C@]12C.NC(CCC(=O)NC(Cc1ccccc1)C(=O)O)C(=O)O.O=C1CCC(C(=O)O)N1. The van der Waals surface area contributed by atoms with Crippen LogP contribution in [0.3, 0.4) is 0 Å². The number of aliphatic hydroxyl groups is 4. The molecule has 5 amide bonds. The molecule has 38 heteroatoms. The van der Waals surface area contributed by atoms with E-state index in [0.717, 1.165) is 50.5 Å². The van der Waals surface area contributed by atoms with Gasteiger partial charge in [0.05, 0.1) is 24.4 Å². The second-order valence-corrected chi connectivity index (χ2v) is 29.4. The summed E-state index contributed by atoms with van der Waals surface area (Å²) in [7, 11) is 0. The van der Waals surface area contributed by atoms with Gasteiger partial charge in [-0.25, -0.2) is 19.2 Å². The molecule has 1 aromatic carbocycles. The molecule has 0 bridgehead atoms. The van der Waals surface area contributed by atoms with Crippen LogP contribution in [0.2, 0.25) is 0 Å². The molecule has 4 aliphatic carbocycles. The number of nitrogens with two attached hydrogens (primary N) is 4. The molecular formula is C71H115N9O29. The van der Waals surface area contributed by atoms with E-state index < -0.39 is 150 Å². The molecule has 21 atom stereocenters. The number of fused-ring (bicyclic) bond motifs is 5. The number of aliphatic carboxylic acids is 10. The highest BCUT2D eigenvalue weighted by atomic mass is 16.4. The van der Waals surface area contributed by atoms with Crippen LogP contribution in [0.4, 0.5) is 0 Å². The first-order valence-corrected chi connectivity index (χ1v) is 36.0. The van der Waals surface area contributed by atoms with Crippen LogP contribution in [0.25, 0.3) is 0 Å². The van der Waals surface area contributed by atoms with Crippen molar-refractivity contribution >= 4 is 89.2 Å². The fourth-order valence-corrected chi connectivity index (χ4v) is 14.4. The largest absolute Gasteiger partial charge is 0.481 e. The lowest BCUT2D eigenvalue weighted by molar-refractivity contribution is -0.207. The Bertz CT molecular complexity index is 3220. The highest BCUT2D eigenvalue weighted by molar-refractivity contribution is 5.88. The molecule has 1 aliphatic heterocycles. The Hall–Kier alpha value is -9.05. The number of nitrogens with one attached hydrogen (secondary N) is 5. The number of carboxylic acid groups (broad SMARTS) is 10. The number of carbonyl (C=O) groups excluding carboxylic acids is 5. The third-order valence-corrected chi connectivity index (χ3v) is 20.7. The first-order valence-electron chi connectivity index (χ1n) is 36.0. The van der Waals surface area contributed by atoms with Crippen LogP contribution in [0.15, 0.2) is 30.3 Å². The molecule has 4 saturated carbocycles. The standard InChI is InChI=1S/C24H40O5.C14H18N2O5.C11H20N2O5.C9H16N2O6.C8H14N2O5.C5H7NO3/c1-13(4-7-21(28)29)16-5-6-17-22-18(12-20(27)24(16,17)3)23(2)9-8-15(25)10-14(23)11-19(22)26;15-10(13(18)19)6-7-12(17)16-11(14(20)21)8-9-4-2-1-3-5-9;1-6(2)5-8(11(17)18)13-9(14)4-3-7(12)10(15)16;1-4(12)7(9(16)17)11-6(13)3-2-5(10)8(14)15;1-4(7(12)13)10-6(11)3-2-5(9)8(14)15;7-4-2-1-3(6-4)5(8)9/h13-20,22,25-27H,4-12H2,1-3H3,(H,28,29);1-5,10-11H,6-8,15H2,(H,16,17)(H,18,19)(H,20,21);6-8H,3-5,12H2,1-2H3,(H,13,14)(H,15,16)(H,17,18);4-5,7,12H,2-3,10H2,1H3,(H,11,13)(H,14,15)(H,16,17);4-5H,2-3,9H2,1H3,(H,10,11)(H,12,13)(H,14,15);3H,1-2H2,(H,6,7)(H,8,9)/t13-,14+,15-,16-,17+,18+,19-,20+,22+,23+,24-;;;;;/m1...../s1. The molecule has 6 rings (SSSR count). The molecule has 5 aliphatic rings. The van der Waals surface area contributed by atoms with Gasteiger partial charge in [-0.3, -0.25) is 52.7 Å². The molecule has 5 fully saturated rings. The van der Waals surface area contributed by atoms with Gasteiger partial charge in [-0.2, -0.15) is 0 Å². The monoisotopic (exact) mass is 1560 g/mol. The average molecular weight is 1560 g/mol. The van der Waals surface area contributed by atoms with Crippen molar-refractivity contribution in [3.05, 3.63) is 35.9 Å². The zero-order valence-corrected chi connectivity index (χ0v) is 62.5. The van der Waals surface area contributed by atoms with Gasteiger partial charge in [0.1, 0.15) is 48.3 Å². The maximum Gasteiger partial charge on any atom is 0.328 e. The van der Waals surface area contributed by atoms with Crippen molar-refractivity contribution < 1.29 is 143 Å². The molecule has 109 heavy (non-hydrogen) atoms. The van der Waals surface area contributed by atoms with Gasteiger partial charge in [-0.05, 0) is 162 Å². The normalized spacial score (nSPS) is 25.4. The Labute approximate surface area is 630 Å². The van der Waals surface area contributed by atoms with Crippen LogP contribution in [-0.2, 0) is 78.3 Å². The number of rotatable bonds is 34. The second-order valence-electron chi connectivity index (χ2n) is 29.4. The summed E-state index contributed by atoms with van der Waals surface area (Å²) >= 11 is 0. The quantitative estimate of drug-likeness (QED) is 0.0413. The van der Waals surface area contributed by atoms with Gasteiger partial charge in [-0.15, -0.1) is 0 Å². The Kier molecular flexibility index (Phi) is 42.3. The number of hydrogen-bond donors (Lipinski definition) is 23. The molecule has 0 radical (unpaired) electrons. The van der Waals surface area contributed by atoms with Crippen LogP contribution in [0, 0.1) is 52.3 Å². The van der Waals surface area contributed by atoms with Crippen LogP contribution >= 0.6 is 0 Å². The van der Waals surface area contributed by atoms with E-state index in [9.17, 15) is 87.2 Å². The number of carboxylic acids is 10. The van der Waals surface area contributed by atoms with E-state index in [0.29, 0.717) is 49.4 Å². The van der Waals surface area contributed by atoms with Crippen LogP contribution in [0.1, 0.15) is 182 Å². The van der Waals surface area contributed by atoms with E-state index >= 15 is 0 Å². The lowest BCUT2D eigenvalue weighted by atomic mass is 9.43. The third kappa shape index (κ3) is 33.8. The molecule has 618 valence electrons. The van der Waals surface area contributed by atoms with Gasteiger partial charge in [0.25, 0.3) is 0 Å². The molecule has 10 unspecified atom stereocenters. The molecule has 0 aromatic heterocycles. The van der Waals surface area contributed by atoms with E-state index in [-0.39, 0.29) is 111 Å². The van der Waals surface area contributed by atoms with Crippen molar-refractivity contribution in [3.8, 4) is 0 Å². The summed E-state index contributed by atoms with van der Waals surface area (Å²) in [4.78, 5) is 162. The summed E-state index contributed by atoms with van der Waals surface area (Å²) in [6.07, 6.45) is 5.26. The van der Waals surface area contributed by atoms with Crippen LogP contribution in [-0.4, -0.2) is 240 Å². The summed E-state index contributed by atoms with van der Waals surface area (Å²) in [5.41, 5.74) is 21.5. The number of benzene rings is 1. The third-order valence-electron chi connectivity index (χ3n) is 20.7. The molecule has 38 nitrogen and oxygen atoms in total. The lowest BCUT2D eigenvalue weighted by Gasteiger charge is -2.63. The minimum absolute atomic E-state index is 0.0187. The molecule has 0 spiro atoms. The van der Waals surface area contributed by atoms with Crippen molar-refractivity contribution in [1.82, 2.24) is 26.6 Å². The topological polar surface area (TPSA) is 704 Å². The van der Waals surface area contributed by atoms with Crippen LogP contribution < -0.4 is 49.5 Å². The Balaban J connectivity index is 0.000000675. The Morgan fingerprint density at radius 3 is 1.37 bits per heavy atom. The molecule has 1 heterocycles. The van der Waals surface area contributed by atoms with Gasteiger partial charge in [0.15, 0.2) is 6.04 Å². The van der Waals surface area contributed by atoms with Crippen molar-refractivity contribution in [2.75, 3.05) is 0 Å². The first kappa shape index (κ1) is 98.0. The minimum atomic E-state index is -1.41. The van der Waals surface area contributed by atoms with E-state index in [1.165, 1.54) is 13.8 Å². The maximum absolute atomic E-state index is 11.7. The average Bonchev–Trinajstić information content (AvgIpc) is 1.69. The van der Waals surface area contributed by atoms with Gasteiger partial charge >= 0.3 is 59.7 Å². The molecule has 1 saturated heterocycles. The van der Waals surface area contributed by atoms with E-state index in [4.69, 9.17) is 79.1 Å². The zero-order valence-electron chi connectivity index (χ0n) is 62.5. The van der Waals surface area contributed by atoms with E-state index in [1.807, 2.05) is 19.9 Å². The number of carbonyl (C=O) groups is 15. The summed E-state index contributed by atoms with van der Waals surface area (Å²) in [6.45, 7) is 13.0. The van der Waals surface area contributed by atoms with Crippen molar-refractivity contribution in [3.63, 3.8) is 0 Å². The van der Waals surface area contributed by atoms with Gasteiger partial charge < -0.3 is 121 Å². The molecular weight excluding hydrogens is 1440 g/mol. The molecule has 27 N–H and O–H groups in total. The van der Waals surface area contributed by atoms with Gasteiger partial charge in [0, 0.05) is 44.9 Å². The highest BCUT2D eigenvalue weighted by Crippen LogP contribution is 2.68. The predicted molar refractivity (Wildman–Crippen MR) is 383 cm³/mol. The number of aliphatic hydroxyl groups excluding tert-OH is 4. The second kappa shape index (κ2) is 47.1. The smallest absolute Gasteiger partial charge is 0.328 e. The number of hydrogen-bond acceptors (Lipinski definition) is 23. The van der Waals surface area contributed by atoms with E-state index in [2.05, 4.69) is 47.4 Å². The summed E-state index contributed by atoms with van der Waals surface area (Å²) in [6, 6.07) is -0.650. The molecule has 1 aromatic rings. The maximum atomic E-state index is 11.7. The highest BCUT2D eigenvalue weighted by Gasteiger charge is 2.66. The minimum Gasteiger partial charge on any atom is -0.481 e. The Morgan fingerprint density at radius 2 is 0.982 bits per heavy atom. The van der Waals surface area contributed by atoms with E-state index in [1.54, 1.807) is 24.3 Å². The zero-order chi connectivity index (χ0) is 83.7. The first-order chi connectivity index (χ1) is 50.5. The lowest BCUT2D eigenvalue weighted by Crippen LogP contribution is -2.62. The summed E-state index contributed by atoms with van der Waals surface area (Å²) in [5.74, 6) is -11.8. The summed E-state index contributed by atoms with van der Waals surface area (Å²) in [5, 5.41) is 140.